The molecule has 0 saturated carbocycles. The van der Waals surface area contributed by atoms with E-state index < -0.39 is 12.8 Å². The average Bonchev–Trinajstić information content (AvgIpc) is 3.02. The number of aromatic nitrogens is 3. The van der Waals surface area contributed by atoms with Gasteiger partial charge in [0.1, 0.15) is 12.4 Å². The molecule has 0 atom stereocenters. The summed E-state index contributed by atoms with van der Waals surface area (Å²) in [6.07, 6.45) is -2.22. The molecule has 0 aliphatic heterocycles. The fourth-order valence-electron chi connectivity index (χ4n) is 2.52. The Labute approximate surface area is 197 Å². The molecule has 0 aliphatic carbocycles. The van der Waals surface area contributed by atoms with Gasteiger partial charge < -0.3 is 19.9 Å². The molecule has 0 saturated heterocycles. The van der Waals surface area contributed by atoms with Crippen LogP contribution in [0.3, 0.4) is 0 Å². The molecule has 174 valence electrons. The first-order valence-corrected chi connectivity index (χ1v) is 9.88. The molecule has 0 amide bonds. The van der Waals surface area contributed by atoms with Gasteiger partial charge in [0.25, 0.3) is 0 Å². The highest BCUT2D eigenvalue weighted by atomic mass is 127. The molecule has 0 fully saturated rings. The molecule has 2 N–H and O–H groups in total. The second kappa shape index (κ2) is 13.5. The highest BCUT2D eigenvalue weighted by Gasteiger charge is 2.27. The number of hydrogen-bond donors (Lipinski definition) is 2. The lowest BCUT2D eigenvalue weighted by atomic mass is 10.1. The Morgan fingerprint density at radius 2 is 1.81 bits per heavy atom. The number of aryl methyl sites for hydroxylation is 1. The summed E-state index contributed by atoms with van der Waals surface area (Å²) >= 11 is 0. The van der Waals surface area contributed by atoms with Crippen LogP contribution in [0.4, 0.5) is 13.2 Å². The first-order chi connectivity index (χ1) is 14.3. The summed E-state index contributed by atoms with van der Waals surface area (Å²) in [6, 6.07) is 7.18. The minimum absolute atomic E-state index is 0. The summed E-state index contributed by atoms with van der Waals surface area (Å²) in [5.41, 5.74) is 1.63. The number of guanidine groups is 1. The number of nitrogens with one attached hydrogen (secondary N) is 2. The molecule has 0 unspecified atom stereocenters. The largest absolute Gasteiger partial charge is 0.411 e. The third-order valence-electron chi connectivity index (χ3n) is 4.40. The Morgan fingerprint density at radius 1 is 1.13 bits per heavy atom. The van der Waals surface area contributed by atoms with Crippen molar-refractivity contribution in [2.24, 2.45) is 12.0 Å². The first kappa shape index (κ1) is 27.1. The predicted octanol–water partition coefficient (Wildman–Crippen LogP) is 3.86. The van der Waals surface area contributed by atoms with Crippen molar-refractivity contribution in [1.82, 2.24) is 25.4 Å². The van der Waals surface area contributed by atoms with Gasteiger partial charge in [-0.05, 0) is 24.5 Å². The molecular formula is C20H30F3IN6O. The SMILES string of the molecule is CCCCNC(=NCc1ccc(COCC(F)(F)F)cc1)NCc1nnc(C)n1C.I. The normalized spacial score (nSPS) is 11.9. The van der Waals surface area contributed by atoms with Crippen molar-refractivity contribution in [2.75, 3.05) is 13.2 Å². The molecule has 2 rings (SSSR count). The van der Waals surface area contributed by atoms with Gasteiger partial charge in [-0.25, -0.2) is 4.99 Å². The molecule has 1 heterocycles. The minimum Gasteiger partial charge on any atom is -0.367 e. The maximum atomic E-state index is 12.1. The van der Waals surface area contributed by atoms with E-state index in [2.05, 4.69) is 37.5 Å². The van der Waals surface area contributed by atoms with Crippen LogP contribution in [0.25, 0.3) is 0 Å². The Morgan fingerprint density at radius 3 is 2.39 bits per heavy atom. The van der Waals surface area contributed by atoms with E-state index in [-0.39, 0.29) is 30.6 Å². The molecule has 0 aliphatic rings. The number of aliphatic imine (C=N–C) groups is 1. The van der Waals surface area contributed by atoms with Gasteiger partial charge in [-0.2, -0.15) is 13.2 Å². The fraction of sp³-hybridized carbons (Fsp3) is 0.550. The Balaban J connectivity index is 0.00000480. The number of ether oxygens (including phenoxy) is 1. The van der Waals surface area contributed by atoms with Crippen LogP contribution in [0.1, 0.15) is 42.5 Å². The molecule has 1 aromatic heterocycles. The van der Waals surface area contributed by atoms with Gasteiger partial charge in [-0.3, -0.25) is 0 Å². The zero-order valence-corrected chi connectivity index (χ0v) is 20.3. The third kappa shape index (κ3) is 10.3. The lowest BCUT2D eigenvalue weighted by molar-refractivity contribution is -0.176. The zero-order valence-electron chi connectivity index (χ0n) is 18.0. The molecule has 1 aromatic carbocycles. The van der Waals surface area contributed by atoms with Crippen molar-refractivity contribution in [3.8, 4) is 0 Å². The maximum absolute atomic E-state index is 12.1. The Bertz CT molecular complexity index is 808. The van der Waals surface area contributed by atoms with E-state index in [1.54, 1.807) is 12.1 Å². The summed E-state index contributed by atoms with van der Waals surface area (Å²) in [4.78, 5) is 4.60. The number of hydrogen-bond acceptors (Lipinski definition) is 4. The van der Waals surface area contributed by atoms with Gasteiger partial charge in [0.05, 0.1) is 19.7 Å². The summed E-state index contributed by atoms with van der Waals surface area (Å²) in [7, 11) is 1.91. The summed E-state index contributed by atoms with van der Waals surface area (Å²) in [6.45, 7) is 4.41. The van der Waals surface area contributed by atoms with Crippen molar-refractivity contribution in [1.29, 1.82) is 0 Å². The van der Waals surface area contributed by atoms with Gasteiger partial charge in [-0.15, -0.1) is 34.2 Å². The van der Waals surface area contributed by atoms with E-state index in [1.807, 2.05) is 30.7 Å². The van der Waals surface area contributed by atoms with E-state index in [1.165, 1.54) is 0 Å². The highest BCUT2D eigenvalue weighted by molar-refractivity contribution is 14.0. The second-order valence-corrected chi connectivity index (χ2v) is 6.95. The smallest absolute Gasteiger partial charge is 0.367 e. The van der Waals surface area contributed by atoms with Crippen molar-refractivity contribution >= 4 is 29.9 Å². The van der Waals surface area contributed by atoms with Crippen LogP contribution < -0.4 is 10.6 Å². The molecule has 0 spiro atoms. The maximum Gasteiger partial charge on any atom is 0.411 e. The summed E-state index contributed by atoms with van der Waals surface area (Å²) in [5, 5.41) is 14.7. The highest BCUT2D eigenvalue weighted by Crippen LogP contribution is 2.16. The predicted molar refractivity (Wildman–Crippen MR) is 124 cm³/mol. The molecule has 0 radical (unpaired) electrons. The fourth-order valence-corrected chi connectivity index (χ4v) is 2.52. The number of halogens is 4. The Hall–Kier alpha value is -1.89. The van der Waals surface area contributed by atoms with E-state index in [0.29, 0.717) is 24.6 Å². The lowest BCUT2D eigenvalue weighted by Gasteiger charge is -2.12. The van der Waals surface area contributed by atoms with Crippen LogP contribution in [0.2, 0.25) is 0 Å². The van der Waals surface area contributed by atoms with Crippen molar-refractivity contribution in [3.05, 3.63) is 47.0 Å². The topological polar surface area (TPSA) is 76.4 Å². The molecule has 7 nitrogen and oxygen atoms in total. The lowest BCUT2D eigenvalue weighted by Crippen LogP contribution is -2.38. The second-order valence-electron chi connectivity index (χ2n) is 6.95. The van der Waals surface area contributed by atoms with Gasteiger partial charge in [-0.1, -0.05) is 37.6 Å². The third-order valence-corrected chi connectivity index (χ3v) is 4.40. The van der Waals surface area contributed by atoms with E-state index >= 15 is 0 Å². The monoisotopic (exact) mass is 554 g/mol. The van der Waals surface area contributed by atoms with Gasteiger partial charge >= 0.3 is 6.18 Å². The molecule has 0 bridgehead atoms. The van der Waals surface area contributed by atoms with Crippen LogP contribution in [-0.2, 0) is 31.5 Å². The van der Waals surface area contributed by atoms with Crippen LogP contribution >= 0.6 is 24.0 Å². The average molecular weight is 554 g/mol. The summed E-state index contributed by atoms with van der Waals surface area (Å²) < 4.78 is 43.0. The van der Waals surface area contributed by atoms with Gasteiger partial charge in [0.2, 0.25) is 0 Å². The number of alkyl halides is 3. The van der Waals surface area contributed by atoms with E-state index in [4.69, 9.17) is 0 Å². The van der Waals surface area contributed by atoms with E-state index in [0.717, 1.165) is 36.6 Å². The van der Waals surface area contributed by atoms with Crippen molar-refractivity contribution < 1.29 is 17.9 Å². The molecular weight excluding hydrogens is 524 g/mol. The van der Waals surface area contributed by atoms with Gasteiger partial charge in [0, 0.05) is 13.6 Å². The van der Waals surface area contributed by atoms with E-state index in [9.17, 15) is 13.2 Å². The molecule has 31 heavy (non-hydrogen) atoms. The number of nitrogens with zero attached hydrogens (tertiary/aromatic N) is 4. The van der Waals surface area contributed by atoms with Crippen LogP contribution in [-0.4, -0.2) is 40.1 Å². The summed E-state index contributed by atoms with van der Waals surface area (Å²) in [5.74, 6) is 2.31. The zero-order chi connectivity index (χ0) is 22.0. The van der Waals surface area contributed by atoms with Crippen LogP contribution in [0.15, 0.2) is 29.3 Å². The number of benzene rings is 1. The Kier molecular flexibility index (Phi) is 11.8. The minimum atomic E-state index is -4.31. The standard InChI is InChI=1S/C20H29F3N6O.HI/c1-4-5-10-24-19(26-12-18-28-27-15(2)29(18)3)25-11-16-6-8-17(9-7-16)13-30-14-20(21,22)23;/h6-9H,4-5,10-14H2,1-3H3,(H2,24,25,26);1H. The number of unbranched alkanes of at least 4 members (excludes halogenated alkanes) is 1. The first-order valence-electron chi connectivity index (χ1n) is 9.88. The molecule has 11 heteroatoms. The van der Waals surface area contributed by atoms with Crippen molar-refractivity contribution in [2.45, 2.75) is 52.6 Å². The van der Waals surface area contributed by atoms with Crippen molar-refractivity contribution in [3.63, 3.8) is 0 Å². The van der Waals surface area contributed by atoms with Crippen LogP contribution in [0, 0.1) is 6.92 Å². The van der Waals surface area contributed by atoms with Gasteiger partial charge in [0.15, 0.2) is 11.8 Å². The quantitative estimate of drug-likeness (QED) is 0.202. The molecule has 2 aromatic rings. The van der Waals surface area contributed by atoms with Crippen LogP contribution in [0.5, 0.6) is 0 Å². The number of rotatable bonds is 10.